The fraction of sp³-hybridized carbons (Fsp3) is 0.214. The number of anilines is 1. The highest BCUT2D eigenvalue weighted by atomic mass is 32.1. The molecule has 1 aromatic heterocycles. The zero-order chi connectivity index (χ0) is 17.7. The number of nitrogens with one attached hydrogen (secondary N) is 1. The number of aromatic nitrogens is 2. The van der Waals surface area contributed by atoms with Gasteiger partial charge in [-0.2, -0.15) is 13.2 Å². The monoisotopic (exact) mass is 358 g/mol. The number of rotatable bonds is 4. The number of alkyl halides is 3. The second-order valence-corrected chi connectivity index (χ2v) is 4.86. The molecule has 0 radical (unpaired) electrons. The van der Waals surface area contributed by atoms with Crippen LogP contribution < -0.4 is 10.1 Å². The van der Waals surface area contributed by atoms with Crippen LogP contribution in [0.5, 0.6) is 11.6 Å². The molecule has 0 aliphatic carbocycles. The van der Waals surface area contributed by atoms with E-state index in [1.807, 2.05) is 0 Å². The first-order valence-electron chi connectivity index (χ1n) is 6.55. The second-order valence-electron chi connectivity index (χ2n) is 4.48. The van der Waals surface area contributed by atoms with Crippen LogP contribution in [0.4, 0.5) is 18.9 Å². The summed E-state index contributed by atoms with van der Waals surface area (Å²) in [5.41, 5.74) is -0.461. The van der Waals surface area contributed by atoms with Crippen LogP contribution in [0.1, 0.15) is 5.69 Å². The fourth-order valence-electron chi connectivity index (χ4n) is 1.55. The molecule has 0 bridgehead atoms. The van der Waals surface area contributed by atoms with Crippen LogP contribution in [-0.4, -0.2) is 34.3 Å². The van der Waals surface area contributed by atoms with Gasteiger partial charge in [-0.15, -0.1) is 0 Å². The predicted octanol–water partition coefficient (Wildman–Crippen LogP) is 3.48. The van der Waals surface area contributed by atoms with Crippen LogP contribution in [0.15, 0.2) is 36.7 Å². The predicted molar refractivity (Wildman–Crippen MR) is 84.5 cm³/mol. The van der Waals surface area contributed by atoms with Gasteiger partial charge >= 0.3 is 6.18 Å². The van der Waals surface area contributed by atoms with E-state index >= 15 is 0 Å². The Hall–Kier alpha value is -2.46. The normalized spacial score (nSPS) is 11.0. The van der Waals surface area contributed by atoms with Crippen molar-refractivity contribution in [2.45, 2.75) is 6.18 Å². The lowest BCUT2D eigenvalue weighted by atomic mass is 10.3. The molecule has 1 N–H and O–H groups in total. The lowest BCUT2D eigenvalue weighted by Crippen LogP contribution is -2.29. The van der Waals surface area contributed by atoms with Gasteiger partial charge in [0.2, 0.25) is 5.88 Å². The molecular formula is C14H13F3N4O2S. The van der Waals surface area contributed by atoms with Gasteiger partial charge < -0.3 is 10.1 Å². The molecule has 128 valence electrons. The van der Waals surface area contributed by atoms with Gasteiger partial charge in [-0.1, -0.05) is 0 Å². The summed E-state index contributed by atoms with van der Waals surface area (Å²) in [6, 6.07) is 6.40. The molecule has 0 unspecified atom stereocenters. The summed E-state index contributed by atoms with van der Waals surface area (Å²) in [7, 11) is 3.11. The third-order valence-electron chi connectivity index (χ3n) is 2.79. The van der Waals surface area contributed by atoms with Gasteiger partial charge in [0.25, 0.3) is 0 Å². The summed E-state index contributed by atoms with van der Waals surface area (Å²) < 4.78 is 43.0. The number of benzene rings is 1. The van der Waals surface area contributed by atoms with Crippen molar-refractivity contribution in [1.29, 1.82) is 0 Å². The Morgan fingerprint density at radius 2 is 1.88 bits per heavy atom. The quantitative estimate of drug-likeness (QED) is 0.663. The zero-order valence-corrected chi connectivity index (χ0v) is 13.5. The summed E-state index contributed by atoms with van der Waals surface area (Å²) in [5.74, 6) is 0.0559. The number of ether oxygens (including phenoxy) is 1. The average molecular weight is 358 g/mol. The molecule has 0 saturated carbocycles. The van der Waals surface area contributed by atoms with Gasteiger partial charge in [-0.05, 0) is 36.5 Å². The van der Waals surface area contributed by atoms with Crippen LogP contribution in [0.2, 0.25) is 0 Å². The zero-order valence-electron chi connectivity index (χ0n) is 12.7. The van der Waals surface area contributed by atoms with Crippen LogP contribution in [0, 0.1) is 0 Å². The molecule has 1 aromatic carbocycles. The lowest BCUT2D eigenvalue weighted by Gasteiger charge is -2.17. The van der Waals surface area contributed by atoms with E-state index in [9.17, 15) is 13.2 Å². The maximum absolute atomic E-state index is 12.6. The third-order valence-corrected chi connectivity index (χ3v) is 3.15. The van der Waals surface area contributed by atoms with E-state index in [0.717, 1.165) is 6.20 Å². The fourth-order valence-corrected chi connectivity index (χ4v) is 1.74. The smallest absolute Gasteiger partial charge is 0.435 e. The molecule has 0 fully saturated rings. The molecule has 24 heavy (non-hydrogen) atoms. The van der Waals surface area contributed by atoms with E-state index in [1.54, 1.807) is 31.3 Å². The first kappa shape index (κ1) is 17.9. The highest BCUT2D eigenvalue weighted by Gasteiger charge is 2.33. The maximum Gasteiger partial charge on any atom is 0.435 e. The molecule has 10 heteroatoms. The molecule has 2 rings (SSSR count). The molecule has 1 heterocycles. The lowest BCUT2D eigenvalue weighted by molar-refractivity contribution is -0.141. The van der Waals surface area contributed by atoms with E-state index in [2.05, 4.69) is 15.3 Å². The minimum Gasteiger partial charge on any atom is -0.437 e. The van der Waals surface area contributed by atoms with Crippen molar-refractivity contribution >= 4 is 23.0 Å². The number of hydrogen-bond donors (Lipinski definition) is 1. The highest BCUT2D eigenvalue weighted by Crippen LogP contribution is 2.29. The van der Waals surface area contributed by atoms with Crippen LogP contribution in [0.3, 0.4) is 0 Å². The van der Waals surface area contributed by atoms with Crippen LogP contribution >= 0.6 is 12.2 Å². The third kappa shape index (κ3) is 4.77. The van der Waals surface area contributed by atoms with Crippen molar-refractivity contribution in [3.05, 3.63) is 42.4 Å². The summed E-state index contributed by atoms with van der Waals surface area (Å²) in [5, 5.41) is 4.61. The average Bonchev–Trinajstić information content (AvgIpc) is 2.55. The van der Waals surface area contributed by atoms with Gasteiger partial charge in [-0.3, -0.25) is 9.82 Å². The Labute approximate surface area is 141 Å². The largest absolute Gasteiger partial charge is 0.437 e. The number of thiocarbonyl (C=S) groups is 1. The molecule has 0 aliphatic rings. The maximum atomic E-state index is 12.6. The summed E-state index contributed by atoms with van der Waals surface area (Å²) >= 11 is 5.08. The minimum atomic E-state index is -4.58. The SMILES string of the molecule is CON(C)C(=S)Nc1ccc(Oc2cncc(C(F)(F)F)n2)cc1. The Balaban J connectivity index is 2.06. The molecule has 2 aromatic rings. The second kappa shape index (κ2) is 7.41. The van der Waals surface area contributed by atoms with E-state index in [-0.39, 0.29) is 5.88 Å². The Morgan fingerprint density at radius 3 is 2.46 bits per heavy atom. The number of nitrogens with zero attached hydrogens (tertiary/aromatic N) is 3. The first-order chi connectivity index (χ1) is 11.3. The van der Waals surface area contributed by atoms with Gasteiger partial charge in [0.05, 0.1) is 19.5 Å². The van der Waals surface area contributed by atoms with Crippen molar-refractivity contribution in [2.75, 3.05) is 19.5 Å². The van der Waals surface area contributed by atoms with E-state index < -0.39 is 11.9 Å². The molecule has 0 atom stereocenters. The van der Waals surface area contributed by atoms with Crippen molar-refractivity contribution in [3.63, 3.8) is 0 Å². The van der Waals surface area contributed by atoms with Crippen molar-refractivity contribution in [2.24, 2.45) is 0 Å². The molecule has 0 spiro atoms. The van der Waals surface area contributed by atoms with E-state index in [1.165, 1.54) is 12.2 Å². The van der Waals surface area contributed by atoms with Crippen molar-refractivity contribution in [3.8, 4) is 11.6 Å². The van der Waals surface area contributed by atoms with Gasteiger partial charge in [0.1, 0.15) is 5.75 Å². The van der Waals surface area contributed by atoms with Gasteiger partial charge in [-0.25, -0.2) is 10.0 Å². The summed E-state index contributed by atoms with van der Waals surface area (Å²) in [6.07, 6.45) is -2.85. The minimum absolute atomic E-state index is 0.250. The Bertz CT molecular complexity index is 710. The standard InChI is InChI=1S/C14H13F3N4O2S/c1-21(22-2)13(24)19-9-3-5-10(6-4-9)23-12-8-18-7-11(20-12)14(15,16)17/h3-8H,1-2H3,(H,19,24). The van der Waals surface area contributed by atoms with Crippen molar-refractivity contribution in [1.82, 2.24) is 15.0 Å². The first-order valence-corrected chi connectivity index (χ1v) is 6.96. The Kier molecular flexibility index (Phi) is 5.52. The molecule has 6 nitrogen and oxygen atoms in total. The van der Waals surface area contributed by atoms with Crippen molar-refractivity contribution < 1.29 is 22.7 Å². The summed E-state index contributed by atoms with van der Waals surface area (Å²) in [6.45, 7) is 0. The van der Waals surface area contributed by atoms with Gasteiger partial charge in [0.15, 0.2) is 10.8 Å². The topological polar surface area (TPSA) is 59.5 Å². The molecule has 0 aliphatic heterocycles. The molecule has 0 amide bonds. The van der Waals surface area contributed by atoms with Crippen LogP contribution in [0.25, 0.3) is 0 Å². The van der Waals surface area contributed by atoms with Gasteiger partial charge in [0, 0.05) is 12.7 Å². The van der Waals surface area contributed by atoms with E-state index in [0.29, 0.717) is 22.7 Å². The van der Waals surface area contributed by atoms with Crippen LogP contribution in [-0.2, 0) is 11.0 Å². The highest BCUT2D eigenvalue weighted by molar-refractivity contribution is 7.80. The van der Waals surface area contributed by atoms with E-state index in [4.69, 9.17) is 21.8 Å². The number of halogens is 3. The molecular weight excluding hydrogens is 345 g/mol. The number of hydrogen-bond acceptors (Lipinski definition) is 5. The number of hydroxylamine groups is 2. The Morgan fingerprint density at radius 1 is 1.21 bits per heavy atom. The summed E-state index contributed by atoms with van der Waals surface area (Å²) in [4.78, 5) is 11.8. The molecule has 0 saturated heterocycles.